The summed E-state index contributed by atoms with van der Waals surface area (Å²) in [6.45, 7) is 0.0264. The molecule has 0 radical (unpaired) electrons. The molecule has 3 aromatic rings. The Hall–Kier alpha value is -1.94. The van der Waals surface area contributed by atoms with Crippen molar-refractivity contribution in [3.63, 3.8) is 0 Å². The number of rotatable bonds is 6. The maximum absolute atomic E-state index is 12.8. The molecule has 2 heterocycles. The summed E-state index contributed by atoms with van der Waals surface area (Å²) in [5.41, 5.74) is 0.667. The van der Waals surface area contributed by atoms with E-state index < -0.39 is 10.0 Å². The molecule has 0 aliphatic heterocycles. The molecule has 0 aliphatic rings. The first-order valence-corrected chi connectivity index (χ1v) is 10.0. The van der Waals surface area contributed by atoms with Gasteiger partial charge in [-0.2, -0.15) is 5.10 Å². The maximum atomic E-state index is 12.8. The maximum Gasteiger partial charge on any atom is 0.244 e. The SMILES string of the molecule is COc1c(Br)cc(Cl)cc1S(=O)(=O)NCc1cccnc1-n1cccn1. The molecule has 136 valence electrons. The van der Waals surface area contributed by atoms with Crippen molar-refractivity contribution in [3.8, 4) is 11.6 Å². The van der Waals surface area contributed by atoms with Crippen molar-refractivity contribution in [2.24, 2.45) is 0 Å². The molecule has 10 heteroatoms. The second kappa shape index (κ2) is 7.75. The first-order chi connectivity index (χ1) is 12.4. The molecular weight excluding hydrogens is 444 g/mol. The van der Waals surface area contributed by atoms with Gasteiger partial charge in [-0.15, -0.1) is 0 Å². The van der Waals surface area contributed by atoms with Crippen molar-refractivity contribution in [2.75, 3.05) is 7.11 Å². The van der Waals surface area contributed by atoms with Gasteiger partial charge in [0, 0.05) is 35.7 Å². The number of sulfonamides is 1. The highest BCUT2D eigenvalue weighted by molar-refractivity contribution is 9.10. The first kappa shape index (κ1) is 18.8. The van der Waals surface area contributed by atoms with Gasteiger partial charge in [0.25, 0.3) is 0 Å². The first-order valence-electron chi connectivity index (χ1n) is 7.39. The molecule has 1 N–H and O–H groups in total. The third-order valence-corrected chi connectivity index (χ3v) is 5.72. The number of benzene rings is 1. The van der Waals surface area contributed by atoms with Gasteiger partial charge in [-0.25, -0.2) is 22.8 Å². The Morgan fingerprint density at radius 2 is 2.12 bits per heavy atom. The lowest BCUT2D eigenvalue weighted by atomic mass is 10.2. The Labute approximate surface area is 164 Å². The minimum atomic E-state index is -3.88. The Kier molecular flexibility index (Phi) is 5.61. The fourth-order valence-electron chi connectivity index (χ4n) is 2.35. The normalized spacial score (nSPS) is 11.5. The van der Waals surface area contributed by atoms with Gasteiger partial charge in [0.1, 0.15) is 4.90 Å². The van der Waals surface area contributed by atoms with Crippen LogP contribution in [0.4, 0.5) is 0 Å². The number of ether oxygens (including phenoxy) is 1. The van der Waals surface area contributed by atoms with Crippen LogP contribution in [0.15, 0.2) is 58.3 Å². The number of hydrogen-bond acceptors (Lipinski definition) is 5. The standard InChI is InChI=1S/C16H14BrClN4O3S/c1-25-15-13(17)8-12(18)9-14(15)26(23,24)21-10-11-4-2-5-19-16(11)22-7-3-6-20-22/h2-9,21H,10H2,1H3. The largest absolute Gasteiger partial charge is 0.494 e. The van der Waals surface area contributed by atoms with E-state index in [1.807, 2.05) is 0 Å². The number of pyridine rings is 1. The van der Waals surface area contributed by atoms with E-state index in [2.05, 4.69) is 30.7 Å². The third-order valence-electron chi connectivity index (χ3n) is 3.51. The summed E-state index contributed by atoms with van der Waals surface area (Å²) in [6, 6.07) is 8.17. The Bertz CT molecular complexity index is 1030. The molecule has 0 spiro atoms. The van der Waals surface area contributed by atoms with E-state index in [0.717, 1.165) is 0 Å². The lowest BCUT2D eigenvalue weighted by Crippen LogP contribution is -2.25. The number of methoxy groups -OCH3 is 1. The number of nitrogens with zero attached hydrogens (tertiary/aromatic N) is 3. The molecule has 1 aromatic carbocycles. The molecule has 0 unspecified atom stereocenters. The minimum Gasteiger partial charge on any atom is -0.494 e. The second-order valence-electron chi connectivity index (χ2n) is 5.18. The van der Waals surface area contributed by atoms with E-state index in [4.69, 9.17) is 16.3 Å². The highest BCUT2D eigenvalue weighted by atomic mass is 79.9. The van der Waals surface area contributed by atoms with Crippen molar-refractivity contribution in [1.29, 1.82) is 0 Å². The fraction of sp³-hybridized carbons (Fsp3) is 0.125. The van der Waals surface area contributed by atoms with Crippen LogP contribution < -0.4 is 9.46 Å². The summed E-state index contributed by atoms with van der Waals surface area (Å²) in [5, 5.41) is 4.41. The van der Waals surface area contributed by atoms with Crippen LogP contribution in [0.1, 0.15) is 5.56 Å². The predicted molar refractivity (Wildman–Crippen MR) is 101 cm³/mol. The van der Waals surface area contributed by atoms with Gasteiger partial charge in [-0.1, -0.05) is 17.7 Å². The average molecular weight is 458 g/mol. The summed E-state index contributed by atoms with van der Waals surface area (Å²) in [5.74, 6) is 0.722. The molecular formula is C16H14BrClN4O3S. The zero-order valence-electron chi connectivity index (χ0n) is 13.6. The average Bonchev–Trinajstić information content (AvgIpc) is 3.14. The lowest BCUT2D eigenvalue weighted by molar-refractivity contribution is 0.399. The van der Waals surface area contributed by atoms with Gasteiger partial charge >= 0.3 is 0 Å². The highest BCUT2D eigenvalue weighted by Gasteiger charge is 2.23. The van der Waals surface area contributed by atoms with E-state index in [1.165, 1.54) is 13.2 Å². The van der Waals surface area contributed by atoms with Crippen molar-refractivity contribution in [3.05, 3.63) is 64.0 Å². The van der Waals surface area contributed by atoms with Crippen LogP contribution in [0, 0.1) is 0 Å². The minimum absolute atomic E-state index is 0.0264. The summed E-state index contributed by atoms with van der Waals surface area (Å²) in [6.07, 6.45) is 4.97. The van der Waals surface area contributed by atoms with Crippen molar-refractivity contribution in [1.82, 2.24) is 19.5 Å². The van der Waals surface area contributed by atoms with Crippen LogP contribution in [0.5, 0.6) is 5.75 Å². The topological polar surface area (TPSA) is 86.1 Å². The zero-order chi connectivity index (χ0) is 18.7. The van der Waals surface area contributed by atoms with E-state index in [0.29, 0.717) is 15.9 Å². The molecule has 0 fully saturated rings. The van der Waals surface area contributed by atoms with Gasteiger partial charge in [0.15, 0.2) is 11.6 Å². The highest BCUT2D eigenvalue weighted by Crippen LogP contribution is 2.35. The summed E-state index contributed by atoms with van der Waals surface area (Å²) in [4.78, 5) is 4.22. The van der Waals surface area contributed by atoms with Crippen molar-refractivity contribution in [2.45, 2.75) is 11.4 Å². The molecule has 7 nitrogen and oxygen atoms in total. The van der Waals surface area contributed by atoms with Crippen molar-refractivity contribution >= 4 is 37.6 Å². The molecule has 0 saturated heterocycles. The molecule has 0 amide bonds. The molecule has 26 heavy (non-hydrogen) atoms. The summed E-state index contributed by atoms with van der Waals surface area (Å²) >= 11 is 9.26. The number of hydrogen-bond donors (Lipinski definition) is 1. The molecule has 0 aliphatic carbocycles. The van der Waals surface area contributed by atoms with Crippen LogP contribution in [-0.4, -0.2) is 30.3 Å². The molecule has 0 bridgehead atoms. The molecule has 2 aromatic heterocycles. The smallest absolute Gasteiger partial charge is 0.244 e. The summed E-state index contributed by atoms with van der Waals surface area (Å²) < 4.78 is 35.3. The monoisotopic (exact) mass is 456 g/mol. The number of aromatic nitrogens is 3. The second-order valence-corrected chi connectivity index (χ2v) is 8.21. The van der Waals surface area contributed by atoms with E-state index >= 15 is 0 Å². The lowest BCUT2D eigenvalue weighted by Gasteiger charge is -2.14. The fourth-order valence-corrected chi connectivity index (χ4v) is 4.74. The Morgan fingerprint density at radius 1 is 1.31 bits per heavy atom. The van der Waals surface area contributed by atoms with Gasteiger partial charge in [-0.05, 0) is 40.2 Å². The van der Waals surface area contributed by atoms with Gasteiger partial charge in [0.2, 0.25) is 10.0 Å². The van der Waals surface area contributed by atoms with Gasteiger partial charge in [-0.3, -0.25) is 0 Å². The predicted octanol–water partition coefficient (Wildman–Crippen LogP) is 3.17. The van der Waals surface area contributed by atoms with E-state index in [1.54, 1.807) is 47.5 Å². The van der Waals surface area contributed by atoms with Crippen LogP contribution in [0.3, 0.4) is 0 Å². The van der Waals surface area contributed by atoms with Crippen LogP contribution in [-0.2, 0) is 16.6 Å². The van der Waals surface area contributed by atoms with Crippen molar-refractivity contribution < 1.29 is 13.2 Å². The number of nitrogens with one attached hydrogen (secondary N) is 1. The molecule has 0 saturated carbocycles. The van der Waals surface area contributed by atoms with Gasteiger partial charge < -0.3 is 4.74 Å². The number of halogens is 2. The van der Waals surface area contributed by atoms with Crippen LogP contribution in [0.25, 0.3) is 5.82 Å². The van der Waals surface area contributed by atoms with Crippen LogP contribution in [0.2, 0.25) is 5.02 Å². The van der Waals surface area contributed by atoms with E-state index in [-0.39, 0.29) is 22.2 Å². The van der Waals surface area contributed by atoms with E-state index in [9.17, 15) is 8.42 Å². The summed E-state index contributed by atoms with van der Waals surface area (Å²) in [7, 11) is -2.49. The Morgan fingerprint density at radius 3 is 2.81 bits per heavy atom. The molecule has 0 atom stereocenters. The molecule has 3 rings (SSSR count). The Balaban J connectivity index is 1.92. The third kappa shape index (κ3) is 3.90. The zero-order valence-corrected chi connectivity index (χ0v) is 16.7. The quantitative estimate of drug-likeness (QED) is 0.614. The van der Waals surface area contributed by atoms with Gasteiger partial charge in [0.05, 0.1) is 11.6 Å². The van der Waals surface area contributed by atoms with Crippen LogP contribution >= 0.6 is 27.5 Å².